The molecule has 0 aliphatic heterocycles. The molecular weight excluding hydrogens is 532 g/mol. The molecule has 1 aliphatic rings. The second-order valence-electron chi connectivity index (χ2n) is 15.0. The summed E-state index contributed by atoms with van der Waals surface area (Å²) in [6.45, 7) is 4.58. The fraction of sp³-hybridized carbons (Fsp3) is 0.907. The Morgan fingerprint density at radius 3 is 1.18 bits per heavy atom. The second kappa shape index (κ2) is 32.4. The Balaban J connectivity index is 1.92. The lowest BCUT2D eigenvalue weighted by Gasteiger charge is -2.29. The van der Waals surface area contributed by atoms with Crippen LogP contribution in [0.3, 0.4) is 0 Å². The molecule has 0 bridgehead atoms. The van der Waals surface area contributed by atoms with Gasteiger partial charge in [-0.1, -0.05) is 199 Å². The van der Waals surface area contributed by atoms with Crippen molar-refractivity contribution >= 4 is 0 Å². The first kappa shape index (κ1) is 41.5. The molecule has 1 aliphatic carbocycles. The summed E-state index contributed by atoms with van der Waals surface area (Å²) in [7, 11) is 0. The van der Waals surface area contributed by atoms with E-state index in [1.807, 2.05) is 0 Å². The number of unbranched alkanes of at least 4 members (excludes halogenated alkanes) is 26. The van der Waals surface area contributed by atoms with Crippen molar-refractivity contribution in [3.8, 4) is 0 Å². The summed E-state index contributed by atoms with van der Waals surface area (Å²) in [5.74, 6) is 0. The molecule has 1 rings (SSSR count). The molecule has 1 fully saturated rings. The van der Waals surface area contributed by atoms with E-state index in [9.17, 15) is 5.11 Å². The molecule has 0 amide bonds. The monoisotopic (exact) mass is 615 g/mol. The van der Waals surface area contributed by atoms with Crippen LogP contribution >= 0.6 is 0 Å². The fourth-order valence-electron chi connectivity index (χ4n) is 7.65. The summed E-state index contributed by atoms with van der Waals surface area (Å²) in [5.41, 5.74) is 0.478. The van der Waals surface area contributed by atoms with Crippen molar-refractivity contribution in [2.45, 2.75) is 245 Å². The van der Waals surface area contributed by atoms with Crippen molar-refractivity contribution in [2.75, 3.05) is 0 Å². The third-order valence-corrected chi connectivity index (χ3v) is 10.6. The van der Waals surface area contributed by atoms with E-state index in [4.69, 9.17) is 0 Å². The molecule has 260 valence electrons. The van der Waals surface area contributed by atoms with Crippen LogP contribution in [0.4, 0.5) is 0 Å². The molecule has 1 heteroatoms. The van der Waals surface area contributed by atoms with Gasteiger partial charge in [-0.15, -0.1) is 0 Å². The number of hydrogen-bond donors (Lipinski definition) is 1. The molecule has 0 saturated heterocycles. The van der Waals surface area contributed by atoms with Gasteiger partial charge in [0.2, 0.25) is 0 Å². The number of aliphatic hydroxyl groups is 1. The predicted molar refractivity (Wildman–Crippen MR) is 200 cm³/mol. The van der Waals surface area contributed by atoms with Gasteiger partial charge in [-0.05, 0) is 69.6 Å². The van der Waals surface area contributed by atoms with E-state index >= 15 is 0 Å². The van der Waals surface area contributed by atoms with Crippen LogP contribution in [-0.4, -0.2) is 11.2 Å². The lowest BCUT2D eigenvalue weighted by molar-refractivity contribution is 0.145. The van der Waals surface area contributed by atoms with Gasteiger partial charge in [-0.25, -0.2) is 0 Å². The normalized spacial score (nSPS) is 18.8. The molecule has 0 spiro atoms. The van der Waals surface area contributed by atoms with Crippen LogP contribution in [0, 0.1) is 5.41 Å². The van der Waals surface area contributed by atoms with E-state index in [-0.39, 0.29) is 6.10 Å². The molecule has 0 aromatic carbocycles. The third kappa shape index (κ3) is 26.6. The summed E-state index contributed by atoms with van der Waals surface area (Å²) in [6.07, 6.45) is 57.7. The Kier molecular flexibility index (Phi) is 30.5. The SMILES string of the molecule is CCCCC/C=C\C/C=C\CCCCCCCCCC1(CCCCCCCCCCCCCCCCCCC)CCC(O)C1. The van der Waals surface area contributed by atoms with Gasteiger partial charge in [0.1, 0.15) is 0 Å². The Morgan fingerprint density at radius 2 is 0.795 bits per heavy atom. The zero-order valence-corrected chi connectivity index (χ0v) is 30.6. The lowest BCUT2D eigenvalue weighted by Crippen LogP contribution is -2.18. The van der Waals surface area contributed by atoms with Gasteiger partial charge in [0.15, 0.2) is 0 Å². The van der Waals surface area contributed by atoms with Gasteiger partial charge in [0.25, 0.3) is 0 Å². The van der Waals surface area contributed by atoms with Crippen LogP contribution in [0.2, 0.25) is 0 Å². The zero-order chi connectivity index (χ0) is 31.7. The predicted octanol–water partition coefficient (Wildman–Crippen LogP) is 15.2. The molecule has 2 atom stereocenters. The summed E-state index contributed by atoms with van der Waals surface area (Å²) in [4.78, 5) is 0. The minimum atomic E-state index is -0.0170. The summed E-state index contributed by atoms with van der Waals surface area (Å²) < 4.78 is 0. The highest BCUT2D eigenvalue weighted by atomic mass is 16.3. The van der Waals surface area contributed by atoms with Crippen molar-refractivity contribution in [2.24, 2.45) is 5.41 Å². The van der Waals surface area contributed by atoms with E-state index in [0.29, 0.717) is 5.41 Å². The summed E-state index contributed by atoms with van der Waals surface area (Å²) in [6, 6.07) is 0. The average molecular weight is 615 g/mol. The van der Waals surface area contributed by atoms with Crippen LogP contribution in [-0.2, 0) is 0 Å². The molecule has 0 aromatic heterocycles. The van der Waals surface area contributed by atoms with Gasteiger partial charge >= 0.3 is 0 Å². The number of allylic oxidation sites excluding steroid dienone is 4. The Morgan fingerprint density at radius 1 is 0.455 bits per heavy atom. The number of aliphatic hydroxyl groups excluding tert-OH is 1. The minimum Gasteiger partial charge on any atom is -0.393 e. The van der Waals surface area contributed by atoms with E-state index < -0.39 is 0 Å². The Labute approximate surface area is 278 Å². The molecule has 44 heavy (non-hydrogen) atoms. The highest BCUT2D eigenvalue weighted by Crippen LogP contribution is 2.46. The first-order chi connectivity index (χ1) is 21.7. The van der Waals surface area contributed by atoms with Crippen LogP contribution < -0.4 is 0 Å². The highest BCUT2D eigenvalue weighted by molar-refractivity contribution is 4.92. The average Bonchev–Trinajstić information content (AvgIpc) is 3.40. The Bertz CT molecular complexity index is 620. The summed E-state index contributed by atoms with van der Waals surface area (Å²) in [5, 5.41) is 10.3. The van der Waals surface area contributed by atoms with Crippen molar-refractivity contribution < 1.29 is 5.11 Å². The maximum absolute atomic E-state index is 10.3. The fourth-order valence-corrected chi connectivity index (χ4v) is 7.65. The van der Waals surface area contributed by atoms with Crippen LogP contribution in [0.1, 0.15) is 239 Å². The lowest BCUT2D eigenvalue weighted by atomic mass is 9.76. The quantitative estimate of drug-likeness (QED) is 0.0564. The van der Waals surface area contributed by atoms with Crippen molar-refractivity contribution in [1.29, 1.82) is 0 Å². The molecule has 1 nitrogen and oxygen atoms in total. The van der Waals surface area contributed by atoms with E-state index in [1.54, 1.807) is 0 Å². The standard InChI is InChI=1S/C43H82O/c1-3-5-7-9-11-13-15-17-19-21-23-25-27-29-31-33-35-38-43(40-37-42(44)41-43)39-36-34-32-30-28-26-24-22-20-18-16-14-12-10-8-6-4-2/h11,13,17,19,42,44H,3-10,12,14-16,18,20-41H2,1-2H3/b13-11-,19-17-. The molecule has 2 unspecified atom stereocenters. The van der Waals surface area contributed by atoms with E-state index in [1.165, 1.54) is 205 Å². The number of rotatable bonds is 34. The van der Waals surface area contributed by atoms with Gasteiger partial charge in [-0.2, -0.15) is 0 Å². The van der Waals surface area contributed by atoms with Crippen molar-refractivity contribution in [3.05, 3.63) is 24.3 Å². The second-order valence-corrected chi connectivity index (χ2v) is 15.0. The number of hydrogen-bond acceptors (Lipinski definition) is 1. The largest absolute Gasteiger partial charge is 0.393 e. The molecule has 1 N–H and O–H groups in total. The smallest absolute Gasteiger partial charge is 0.0545 e. The topological polar surface area (TPSA) is 20.2 Å². The first-order valence-corrected chi connectivity index (χ1v) is 20.7. The van der Waals surface area contributed by atoms with Crippen molar-refractivity contribution in [3.63, 3.8) is 0 Å². The van der Waals surface area contributed by atoms with Crippen LogP contribution in [0.15, 0.2) is 24.3 Å². The molecular formula is C43H82O. The maximum Gasteiger partial charge on any atom is 0.0545 e. The zero-order valence-electron chi connectivity index (χ0n) is 30.6. The minimum absolute atomic E-state index is 0.0170. The Hall–Kier alpha value is -0.560. The molecule has 0 heterocycles. The molecule has 1 saturated carbocycles. The highest BCUT2D eigenvalue weighted by Gasteiger charge is 2.37. The molecule has 0 aromatic rings. The van der Waals surface area contributed by atoms with E-state index in [2.05, 4.69) is 38.2 Å². The van der Waals surface area contributed by atoms with Crippen molar-refractivity contribution in [1.82, 2.24) is 0 Å². The van der Waals surface area contributed by atoms with Gasteiger partial charge in [0.05, 0.1) is 6.10 Å². The van der Waals surface area contributed by atoms with Gasteiger partial charge in [0, 0.05) is 0 Å². The van der Waals surface area contributed by atoms with E-state index in [0.717, 1.165) is 19.3 Å². The maximum atomic E-state index is 10.3. The third-order valence-electron chi connectivity index (χ3n) is 10.6. The van der Waals surface area contributed by atoms with Crippen LogP contribution in [0.25, 0.3) is 0 Å². The van der Waals surface area contributed by atoms with Crippen LogP contribution in [0.5, 0.6) is 0 Å². The van der Waals surface area contributed by atoms with Gasteiger partial charge in [-0.3, -0.25) is 0 Å². The first-order valence-electron chi connectivity index (χ1n) is 20.7. The summed E-state index contributed by atoms with van der Waals surface area (Å²) >= 11 is 0. The molecule has 0 radical (unpaired) electrons. The van der Waals surface area contributed by atoms with Gasteiger partial charge < -0.3 is 5.11 Å².